The van der Waals surface area contributed by atoms with Crippen LogP contribution in [-0.2, 0) is 0 Å². The Bertz CT molecular complexity index is 539. The third-order valence-electron chi connectivity index (χ3n) is 2.32. The van der Waals surface area contributed by atoms with Crippen LogP contribution in [0.2, 0.25) is 0 Å². The number of alkyl halides is 3. The van der Waals surface area contributed by atoms with E-state index in [0.29, 0.717) is 5.56 Å². The molecule has 0 radical (unpaired) electrons. The zero-order valence-electron chi connectivity index (χ0n) is 9.50. The Morgan fingerprint density at radius 2 is 1.95 bits per heavy atom. The molecule has 0 fully saturated rings. The largest absolute Gasteiger partial charge is 0.327 e. The molecule has 1 atom stereocenters. The highest BCUT2D eigenvalue weighted by molar-refractivity contribution is 6.67. The average Bonchev–Trinajstić information content (AvgIpc) is 2.88. The van der Waals surface area contributed by atoms with E-state index in [1.165, 1.54) is 17.1 Å². The fourth-order valence-corrected chi connectivity index (χ4v) is 1.91. The van der Waals surface area contributed by atoms with Crippen LogP contribution in [0, 0.1) is 0 Å². The fourth-order valence-electron chi connectivity index (χ4n) is 1.45. The van der Waals surface area contributed by atoms with Crippen molar-refractivity contribution in [3.8, 4) is 0 Å². The second-order valence-corrected chi connectivity index (χ2v) is 6.04. The second kappa shape index (κ2) is 5.77. The Morgan fingerprint density at radius 3 is 2.47 bits per heavy atom. The predicted octanol–water partition coefficient (Wildman–Crippen LogP) is 2.58. The number of benzene rings is 1. The number of hydrogen-bond acceptors (Lipinski definition) is 3. The van der Waals surface area contributed by atoms with E-state index in [2.05, 4.69) is 15.6 Å². The molecule has 0 saturated heterocycles. The minimum atomic E-state index is -1.75. The van der Waals surface area contributed by atoms with Crippen molar-refractivity contribution in [2.75, 3.05) is 0 Å². The van der Waals surface area contributed by atoms with E-state index in [1.807, 2.05) is 0 Å². The van der Waals surface area contributed by atoms with Crippen LogP contribution in [0.1, 0.15) is 16.5 Å². The van der Waals surface area contributed by atoms with Gasteiger partial charge in [0.25, 0.3) is 5.91 Å². The molecule has 100 valence electrons. The molecule has 0 spiro atoms. The van der Waals surface area contributed by atoms with E-state index < -0.39 is 9.96 Å². The number of hydrogen-bond donors (Lipinski definition) is 1. The van der Waals surface area contributed by atoms with E-state index in [-0.39, 0.29) is 5.91 Å². The van der Waals surface area contributed by atoms with Gasteiger partial charge in [-0.25, -0.2) is 4.68 Å². The standard InChI is InChI=1S/C11H9Cl3N4O/c12-11(13,14)10(18-7-6-15-17-18)16-9(19)8-4-2-1-3-5-8/h1-7,10H,(H,16,19)/t10-/m1/s1. The third kappa shape index (κ3) is 3.59. The lowest BCUT2D eigenvalue weighted by atomic mass is 10.2. The number of halogens is 3. The first-order valence-corrected chi connectivity index (χ1v) is 6.40. The minimum Gasteiger partial charge on any atom is -0.327 e. The molecule has 1 amide bonds. The number of rotatable bonds is 3. The number of nitrogens with zero attached hydrogens (tertiary/aromatic N) is 3. The van der Waals surface area contributed by atoms with Gasteiger partial charge in [-0.3, -0.25) is 4.79 Å². The van der Waals surface area contributed by atoms with Gasteiger partial charge in [0.2, 0.25) is 3.79 Å². The van der Waals surface area contributed by atoms with Gasteiger partial charge in [0, 0.05) is 11.8 Å². The van der Waals surface area contributed by atoms with Gasteiger partial charge in [-0.2, -0.15) is 0 Å². The first-order valence-electron chi connectivity index (χ1n) is 5.27. The highest BCUT2D eigenvalue weighted by atomic mass is 35.6. The van der Waals surface area contributed by atoms with Gasteiger partial charge in [0.15, 0.2) is 6.17 Å². The Morgan fingerprint density at radius 1 is 1.26 bits per heavy atom. The summed E-state index contributed by atoms with van der Waals surface area (Å²) in [6.07, 6.45) is 1.98. The SMILES string of the molecule is O=C(N[C@H](n1ccnn1)C(Cl)(Cl)Cl)c1ccccc1. The van der Waals surface area contributed by atoms with Gasteiger partial charge >= 0.3 is 0 Å². The molecule has 1 heterocycles. The molecular formula is C11H9Cl3N4O. The predicted molar refractivity (Wildman–Crippen MR) is 73.3 cm³/mol. The van der Waals surface area contributed by atoms with E-state index >= 15 is 0 Å². The lowest BCUT2D eigenvalue weighted by molar-refractivity contribution is 0.0916. The topological polar surface area (TPSA) is 59.8 Å². The Balaban J connectivity index is 2.21. The van der Waals surface area contributed by atoms with Crippen molar-refractivity contribution in [1.29, 1.82) is 0 Å². The maximum atomic E-state index is 12.0. The maximum absolute atomic E-state index is 12.0. The molecule has 0 bridgehead atoms. The van der Waals surface area contributed by atoms with Gasteiger partial charge in [0.1, 0.15) is 0 Å². The van der Waals surface area contributed by atoms with Crippen LogP contribution >= 0.6 is 34.8 Å². The smallest absolute Gasteiger partial charge is 0.253 e. The molecule has 0 aliphatic carbocycles. The van der Waals surface area contributed by atoms with Crippen LogP contribution in [0.3, 0.4) is 0 Å². The van der Waals surface area contributed by atoms with Crippen LogP contribution in [0.15, 0.2) is 42.7 Å². The number of carbonyl (C=O) groups is 1. The first-order chi connectivity index (χ1) is 8.98. The summed E-state index contributed by atoms with van der Waals surface area (Å²) in [5.41, 5.74) is 0.460. The summed E-state index contributed by atoms with van der Waals surface area (Å²) in [5.74, 6) is -0.368. The van der Waals surface area contributed by atoms with Crippen molar-refractivity contribution < 1.29 is 4.79 Å². The molecule has 0 aliphatic rings. The number of aromatic nitrogens is 3. The van der Waals surface area contributed by atoms with E-state index in [9.17, 15) is 4.79 Å². The molecule has 2 aromatic rings. The van der Waals surface area contributed by atoms with Crippen LogP contribution in [-0.4, -0.2) is 24.7 Å². The Labute approximate surface area is 124 Å². The van der Waals surface area contributed by atoms with Crippen molar-refractivity contribution in [2.24, 2.45) is 0 Å². The third-order valence-corrected chi connectivity index (χ3v) is 2.94. The maximum Gasteiger partial charge on any atom is 0.253 e. The summed E-state index contributed by atoms with van der Waals surface area (Å²) in [6, 6.07) is 8.61. The summed E-state index contributed by atoms with van der Waals surface area (Å²) < 4.78 is -0.480. The van der Waals surface area contributed by atoms with Crippen molar-refractivity contribution in [2.45, 2.75) is 9.96 Å². The van der Waals surface area contributed by atoms with Crippen molar-refractivity contribution >= 4 is 40.7 Å². The number of nitrogens with one attached hydrogen (secondary N) is 1. The van der Waals surface area contributed by atoms with E-state index in [0.717, 1.165) is 0 Å². The van der Waals surface area contributed by atoms with Crippen LogP contribution in [0.25, 0.3) is 0 Å². The molecule has 0 aliphatic heterocycles. The zero-order chi connectivity index (χ0) is 13.9. The molecule has 0 unspecified atom stereocenters. The molecule has 1 N–H and O–H groups in total. The van der Waals surface area contributed by atoms with Gasteiger partial charge in [-0.1, -0.05) is 58.2 Å². The molecule has 5 nitrogen and oxygen atoms in total. The molecule has 0 saturated carbocycles. The molecule has 2 rings (SSSR count). The van der Waals surface area contributed by atoms with Crippen LogP contribution < -0.4 is 5.32 Å². The quantitative estimate of drug-likeness (QED) is 0.885. The van der Waals surface area contributed by atoms with Gasteiger partial charge < -0.3 is 5.32 Å². The summed E-state index contributed by atoms with van der Waals surface area (Å²) >= 11 is 17.5. The summed E-state index contributed by atoms with van der Waals surface area (Å²) in [4.78, 5) is 12.0. The molecule has 1 aromatic heterocycles. The van der Waals surface area contributed by atoms with Crippen LogP contribution in [0.4, 0.5) is 0 Å². The van der Waals surface area contributed by atoms with Crippen molar-refractivity contribution in [3.05, 3.63) is 48.3 Å². The van der Waals surface area contributed by atoms with E-state index in [4.69, 9.17) is 34.8 Å². The van der Waals surface area contributed by atoms with Crippen molar-refractivity contribution in [3.63, 3.8) is 0 Å². The summed E-state index contributed by atoms with van der Waals surface area (Å²) in [7, 11) is 0. The lowest BCUT2D eigenvalue weighted by Crippen LogP contribution is -2.40. The average molecular weight is 320 g/mol. The molecule has 19 heavy (non-hydrogen) atoms. The summed E-state index contributed by atoms with van der Waals surface area (Å²) in [5, 5.41) is 9.95. The number of carbonyl (C=O) groups excluding carboxylic acids is 1. The van der Waals surface area contributed by atoms with Crippen LogP contribution in [0.5, 0.6) is 0 Å². The zero-order valence-corrected chi connectivity index (χ0v) is 11.8. The molecule has 1 aromatic carbocycles. The first kappa shape index (κ1) is 14.1. The number of amides is 1. The monoisotopic (exact) mass is 318 g/mol. The van der Waals surface area contributed by atoms with Gasteiger partial charge in [-0.05, 0) is 12.1 Å². The van der Waals surface area contributed by atoms with Crippen molar-refractivity contribution in [1.82, 2.24) is 20.3 Å². The molecular weight excluding hydrogens is 311 g/mol. The Kier molecular flexibility index (Phi) is 4.29. The normalized spacial score (nSPS) is 13.0. The van der Waals surface area contributed by atoms with E-state index in [1.54, 1.807) is 30.3 Å². The second-order valence-electron chi connectivity index (χ2n) is 3.67. The van der Waals surface area contributed by atoms with Gasteiger partial charge in [0.05, 0.1) is 6.20 Å². The highest BCUT2D eigenvalue weighted by Gasteiger charge is 2.36. The lowest BCUT2D eigenvalue weighted by Gasteiger charge is -2.25. The highest BCUT2D eigenvalue weighted by Crippen LogP contribution is 2.36. The molecule has 8 heteroatoms. The fraction of sp³-hybridized carbons (Fsp3) is 0.182. The van der Waals surface area contributed by atoms with Gasteiger partial charge in [-0.15, -0.1) is 5.10 Å². The Hall–Kier alpha value is -1.30. The minimum absolute atomic E-state index is 0.368. The summed E-state index contributed by atoms with van der Waals surface area (Å²) in [6.45, 7) is 0.